The van der Waals surface area contributed by atoms with Crippen LogP contribution in [0.4, 0.5) is 21.6 Å². The summed E-state index contributed by atoms with van der Waals surface area (Å²) in [7, 11) is 1.86. The van der Waals surface area contributed by atoms with Crippen LogP contribution < -0.4 is 10.2 Å². The normalized spacial score (nSPS) is 14.4. The van der Waals surface area contributed by atoms with E-state index in [1.807, 2.05) is 31.3 Å². The molecule has 1 aliphatic rings. The SMILES string of the molecule is Cn1ncc2c1Nc1ccccc1N(C(O)c1ccccc1F)C2. The van der Waals surface area contributed by atoms with Crippen LogP contribution in [0, 0.1) is 5.82 Å². The molecule has 1 aromatic heterocycles. The van der Waals surface area contributed by atoms with E-state index >= 15 is 0 Å². The summed E-state index contributed by atoms with van der Waals surface area (Å²) in [5, 5.41) is 18.5. The van der Waals surface area contributed by atoms with Gasteiger partial charge in [-0.2, -0.15) is 5.10 Å². The van der Waals surface area contributed by atoms with E-state index in [0.717, 1.165) is 22.8 Å². The number of aliphatic hydroxyl groups is 1. The summed E-state index contributed by atoms with van der Waals surface area (Å²) in [6.07, 6.45) is 0.662. The van der Waals surface area contributed by atoms with Gasteiger partial charge in [-0.15, -0.1) is 0 Å². The molecule has 0 fully saturated rings. The van der Waals surface area contributed by atoms with Crippen molar-refractivity contribution in [2.45, 2.75) is 12.8 Å². The third-order valence-corrected chi connectivity index (χ3v) is 4.30. The molecule has 1 atom stereocenters. The Labute approximate surface area is 139 Å². The van der Waals surface area contributed by atoms with Gasteiger partial charge in [0.25, 0.3) is 0 Å². The fourth-order valence-corrected chi connectivity index (χ4v) is 3.06. The maximum atomic E-state index is 14.2. The Morgan fingerprint density at radius 1 is 1.17 bits per heavy atom. The summed E-state index contributed by atoms with van der Waals surface area (Å²) in [6, 6.07) is 13.9. The molecule has 0 amide bonds. The second kappa shape index (κ2) is 5.65. The lowest BCUT2D eigenvalue weighted by Crippen LogP contribution is -2.28. The molecule has 0 spiro atoms. The van der Waals surface area contributed by atoms with Gasteiger partial charge in [0.2, 0.25) is 0 Å². The molecule has 2 heterocycles. The molecule has 24 heavy (non-hydrogen) atoms. The monoisotopic (exact) mass is 324 g/mol. The van der Waals surface area contributed by atoms with E-state index in [1.165, 1.54) is 6.07 Å². The number of rotatable bonds is 2. The number of halogens is 1. The van der Waals surface area contributed by atoms with Crippen LogP contribution >= 0.6 is 0 Å². The fourth-order valence-electron chi connectivity index (χ4n) is 3.06. The number of hydrogen-bond donors (Lipinski definition) is 2. The van der Waals surface area contributed by atoms with E-state index in [-0.39, 0.29) is 5.56 Å². The summed E-state index contributed by atoms with van der Waals surface area (Å²) in [5.74, 6) is 0.441. The number of anilines is 3. The average molecular weight is 324 g/mol. The van der Waals surface area contributed by atoms with Gasteiger partial charge in [-0.05, 0) is 18.2 Å². The highest BCUT2D eigenvalue weighted by Crippen LogP contribution is 2.39. The van der Waals surface area contributed by atoms with Crippen molar-refractivity contribution in [3.8, 4) is 0 Å². The maximum Gasteiger partial charge on any atom is 0.156 e. The first-order valence-corrected chi connectivity index (χ1v) is 7.71. The number of fused-ring (bicyclic) bond motifs is 2. The van der Waals surface area contributed by atoms with Crippen LogP contribution in [0.3, 0.4) is 0 Å². The molecule has 2 aromatic carbocycles. The first-order valence-electron chi connectivity index (χ1n) is 7.71. The van der Waals surface area contributed by atoms with Gasteiger partial charge in [0.1, 0.15) is 11.6 Å². The zero-order chi connectivity index (χ0) is 16.7. The van der Waals surface area contributed by atoms with Crippen LogP contribution in [0.2, 0.25) is 0 Å². The number of para-hydroxylation sites is 2. The van der Waals surface area contributed by atoms with Crippen molar-refractivity contribution in [1.82, 2.24) is 9.78 Å². The van der Waals surface area contributed by atoms with Crippen LogP contribution in [0.15, 0.2) is 54.7 Å². The Hall–Kier alpha value is -2.86. The summed E-state index contributed by atoms with van der Waals surface area (Å²) in [5.41, 5.74) is 2.84. The van der Waals surface area contributed by atoms with Crippen molar-refractivity contribution in [1.29, 1.82) is 0 Å². The predicted molar refractivity (Wildman–Crippen MR) is 90.5 cm³/mol. The van der Waals surface area contributed by atoms with E-state index < -0.39 is 12.0 Å². The Kier molecular flexibility index (Phi) is 3.46. The second-order valence-corrected chi connectivity index (χ2v) is 5.81. The number of nitrogens with one attached hydrogen (secondary N) is 1. The molecule has 0 bridgehead atoms. The Balaban J connectivity index is 1.83. The molecule has 2 N–H and O–H groups in total. The lowest BCUT2D eigenvalue weighted by molar-refractivity contribution is 0.165. The highest BCUT2D eigenvalue weighted by molar-refractivity contribution is 5.77. The topological polar surface area (TPSA) is 53.3 Å². The molecule has 0 radical (unpaired) electrons. The first kappa shape index (κ1) is 14.7. The number of aromatic nitrogens is 2. The lowest BCUT2D eigenvalue weighted by Gasteiger charge is -2.30. The highest BCUT2D eigenvalue weighted by Gasteiger charge is 2.27. The van der Waals surface area contributed by atoms with Crippen molar-refractivity contribution in [2.24, 2.45) is 7.05 Å². The Bertz CT molecular complexity index is 892. The fraction of sp³-hybridized carbons (Fsp3) is 0.167. The number of benzene rings is 2. The van der Waals surface area contributed by atoms with Gasteiger partial charge in [0.05, 0.1) is 24.1 Å². The van der Waals surface area contributed by atoms with Gasteiger partial charge < -0.3 is 15.3 Å². The smallest absolute Gasteiger partial charge is 0.156 e. The van der Waals surface area contributed by atoms with Crippen molar-refractivity contribution in [3.05, 3.63) is 71.7 Å². The minimum Gasteiger partial charge on any atom is -0.369 e. The van der Waals surface area contributed by atoms with Gasteiger partial charge in [-0.1, -0.05) is 30.3 Å². The molecule has 0 aliphatic carbocycles. The van der Waals surface area contributed by atoms with Crippen LogP contribution in [-0.4, -0.2) is 14.9 Å². The van der Waals surface area contributed by atoms with Gasteiger partial charge in [0, 0.05) is 18.2 Å². The van der Waals surface area contributed by atoms with Crippen LogP contribution in [0.25, 0.3) is 0 Å². The standard InChI is InChI=1S/C18H17FN4O/c1-22-17-12(10-20-22)11-23(16-9-5-4-8-15(16)21-17)18(24)13-6-2-3-7-14(13)19/h2-10,18,21,24H,11H2,1H3. The van der Waals surface area contributed by atoms with Crippen molar-refractivity contribution < 1.29 is 9.50 Å². The molecule has 1 aliphatic heterocycles. The molecule has 6 heteroatoms. The number of aliphatic hydroxyl groups excluding tert-OH is 1. The molecule has 0 saturated carbocycles. The minimum absolute atomic E-state index is 0.250. The zero-order valence-corrected chi connectivity index (χ0v) is 13.1. The zero-order valence-electron chi connectivity index (χ0n) is 13.1. The quantitative estimate of drug-likeness (QED) is 0.759. The van der Waals surface area contributed by atoms with Crippen molar-refractivity contribution >= 4 is 17.2 Å². The molecule has 122 valence electrons. The minimum atomic E-state index is -1.10. The Morgan fingerprint density at radius 3 is 2.75 bits per heavy atom. The molecule has 1 unspecified atom stereocenters. The van der Waals surface area contributed by atoms with E-state index in [2.05, 4.69) is 10.4 Å². The largest absolute Gasteiger partial charge is 0.369 e. The molecular formula is C18H17FN4O. The van der Waals surface area contributed by atoms with Gasteiger partial charge >= 0.3 is 0 Å². The number of nitrogens with zero attached hydrogens (tertiary/aromatic N) is 3. The third-order valence-electron chi connectivity index (χ3n) is 4.30. The van der Waals surface area contributed by atoms with Gasteiger partial charge in [-0.25, -0.2) is 4.39 Å². The van der Waals surface area contributed by atoms with Crippen molar-refractivity contribution in [2.75, 3.05) is 10.2 Å². The number of hydrogen-bond acceptors (Lipinski definition) is 4. The summed E-state index contributed by atoms with van der Waals surface area (Å²) in [6.45, 7) is 0.419. The van der Waals surface area contributed by atoms with Crippen molar-refractivity contribution in [3.63, 3.8) is 0 Å². The second-order valence-electron chi connectivity index (χ2n) is 5.81. The molecule has 5 nitrogen and oxygen atoms in total. The third kappa shape index (κ3) is 2.32. The Morgan fingerprint density at radius 2 is 1.92 bits per heavy atom. The van der Waals surface area contributed by atoms with Gasteiger partial charge in [0.15, 0.2) is 6.23 Å². The van der Waals surface area contributed by atoms with E-state index in [0.29, 0.717) is 6.54 Å². The van der Waals surface area contributed by atoms with Crippen LogP contribution in [-0.2, 0) is 13.6 Å². The predicted octanol–water partition coefficient (Wildman–Crippen LogP) is 3.31. The van der Waals surface area contributed by atoms with Gasteiger partial charge in [-0.3, -0.25) is 4.68 Å². The summed E-state index contributed by atoms with van der Waals surface area (Å²) in [4.78, 5) is 1.77. The average Bonchev–Trinajstić information content (AvgIpc) is 2.84. The first-order chi connectivity index (χ1) is 11.6. The summed E-state index contributed by atoms with van der Waals surface area (Å²) >= 11 is 0. The molecule has 0 saturated heterocycles. The molecule has 4 rings (SSSR count). The molecule has 3 aromatic rings. The number of aryl methyl sites for hydroxylation is 1. The maximum absolute atomic E-state index is 14.2. The van der Waals surface area contributed by atoms with E-state index in [4.69, 9.17) is 0 Å². The van der Waals surface area contributed by atoms with E-state index in [9.17, 15) is 9.50 Å². The van der Waals surface area contributed by atoms with E-state index in [1.54, 1.807) is 34.0 Å². The molecular weight excluding hydrogens is 307 g/mol. The summed E-state index contributed by atoms with van der Waals surface area (Å²) < 4.78 is 15.9. The lowest BCUT2D eigenvalue weighted by atomic mass is 10.1. The van der Waals surface area contributed by atoms with Crippen LogP contribution in [0.5, 0.6) is 0 Å². The van der Waals surface area contributed by atoms with Crippen LogP contribution in [0.1, 0.15) is 17.4 Å². The highest BCUT2D eigenvalue weighted by atomic mass is 19.1.